The summed E-state index contributed by atoms with van der Waals surface area (Å²) >= 11 is 0. The van der Waals surface area contributed by atoms with Gasteiger partial charge in [-0.3, -0.25) is 5.32 Å². The Labute approximate surface area is 120 Å². The number of methoxy groups -OCH3 is 1. The van der Waals surface area contributed by atoms with E-state index in [2.05, 4.69) is 24.4 Å². The third kappa shape index (κ3) is 2.78. The molecule has 0 unspecified atom stereocenters. The fourth-order valence-electron chi connectivity index (χ4n) is 2.31. The van der Waals surface area contributed by atoms with Crippen LogP contribution in [0.25, 0.3) is 0 Å². The third-order valence-corrected chi connectivity index (χ3v) is 3.50. The van der Waals surface area contributed by atoms with Gasteiger partial charge in [0.05, 0.1) is 7.11 Å². The molecule has 106 valence electrons. The summed E-state index contributed by atoms with van der Waals surface area (Å²) in [7, 11) is 3.56. The molecule has 0 aliphatic rings. The van der Waals surface area contributed by atoms with Crippen LogP contribution in [0.5, 0.6) is 11.5 Å². The number of nitrogens with one attached hydrogen (secondary N) is 1. The van der Waals surface area contributed by atoms with Gasteiger partial charge in [0.25, 0.3) is 0 Å². The molecule has 1 N–H and O–H groups in total. The minimum atomic E-state index is -0.560. The summed E-state index contributed by atoms with van der Waals surface area (Å²) in [5.41, 5.74) is 0.534. The zero-order chi connectivity index (χ0) is 14.4. The molecule has 0 radical (unpaired) electrons. The van der Waals surface area contributed by atoms with Gasteiger partial charge in [0, 0.05) is 12.0 Å². The Morgan fingerprint density at radius 1 is 0.950 bits per heavy atom. The second-order valence-corrected chi connectivity index (χ2v) is 4.55. The van der Waals surface area contributed by atoms with Crippen LogP contribution in [-0.4, -0.2) is 14.2 Å². The lowest BCUT2D eigenvalue weighted by molar-refractivity contribution is 0.0300. The first-order chi connectivity index (χ1) is 9.75. The number of benzene rings is 2. The van der Waals surface area contributed by atoms with Gasteiger partial charge in [0.15, 0.2) is 17.2 Å². The number of rotatable bonds is 6. The standard InChI is InChI=1S/C17H21NO2/c1-4-17(18-2,14-10-6-5-7-11-14)20-16-13-9-8-12-15(16)19-3/h5-13,18H,4H2,1-3H3/t17-/m0/s1. The van der Waals surface area contributed by atoms with E-state index < -0.39 is 5.72 Å². The SMILES string of the molecule is CC[C@](NC)(Oc1ccccc1OC)c1ccccc1. The van der Waals surface area contributed by atoms with E-state index in [4.69, 9.17) is 9.47 Å². The molecule has 1 atom stereocenters. The molecule has 2 aromatic carbocycles. The van der Waals surface area contributed by atoms with E-state index in [1.165, 1.54) is 0 Å². The van der Waals surface area contributed by atoms with Crippen LogP contribution in [0.2, 0.25) is 0 Å². The van der Waals surface area contributed by atoms with Gasteiger partial charge in [0.2, 0.25) is 0 Å². The van der Waals surface area contributed by atoms with E-state index in [1.54, 1.807) is 7.11 Å². The maximum Gasteiger partial charge on any atom is 0.186 e. The normalized spacial score (nSPS) is 13.6. The van der Waals surface area contributed by atoms with Crippen molar-refractivity contribution in [2.75, 3.05) is 14.2 Å². The van der Waals surface area contributed by atoms with E-state index >= 15 is 0 Å². The number of hydrogen-bond acceptors (Lipinski definition) is 3. The Morgan fingerprint density at radius 3 is 2.10 bits per heavy atom. The Bertz CT molecular complexity index is 536. The molecule has 20 heavy (non-hydrogen) atoms. The molecule has 0 spiro atoms. The van der Waals surface area contributed by atoms with Crippen LogP contribution in [0.4, 0.5) is 0 Å². The van der Waals surface area contributed by atoms with E-state index in [9.17, 15) is 0 Å². The largest absolute Gasteiger partial charge is 0.493 e. The molecule has 3 nitrogen and oxygen atoms in total. The van der Waals surface area contributed by atoms with Gasteiger partial charge < -0.3 is 9.47 Å². The van der Waals surface area contributed by atoms with Crippen LogP contribution >= 0.6 is 0 Å². The number of ether oxygens (including phenoxy) is 2. The highest BCUT2D eigenvalue weighted by molar-refractivity contribution is 5.40. The highest BCUT2D eigenvalue weighted by atomic mass is 16.5. The molecular formula is C17H21NO2. The zero-order valence-electron chi connectivity index (χ0n) is 12.2. The van der Waals surface area contributed by atoms with Gasteiger partial charge in [-0.15, -0.1) is 0 Å². The maximum atomic E-state index is 6.27. The van der Waals surface area contributed by atoms with Crippen LogP contribution in [0.1, 0.15) is 18.9 Å². The molecule has 0 aliphatic carbocycles. The van der Waals surface area contributed by atoms with E-state index in [1.807, 2.05) is 49.5 Å². The second kappa shape index (κ2) is 6.44. The van der Waals surface area contributed by atoms with Gasteiger partial charge >= 0.3 is 0 Å². The minimum absolute atomic E-state index is 0.560. The predicted molar refractivity (Wildman–Crippen MR) is 81.1 cm³/mol. The Hall–Kier alpha value is -2.00. The Balaban J connectivity index is 2.39. The van der Waals surface area contributed by atoms with Crippen molar-refractivity contribution in [2.24, 2.45) is 0 Å². The average molecular weight is 271 g/mol. The topological polar surface area (TPSA) is 30.5 Å². The van der Waals surface area contributed by atoms with E-state index in [0.29, 0.717) is 0 Å². The average Bonchev–Trinajstić information content (AvgIpc) is 2.54. The Kier molecular flexibility index (Phi) is 4.64. The molecule has 0 saturated carbocycles. The Morgan fingerprint density at radius 2 is 1.55 bits per heavy atom. The van der Waals surface area contributed by atoms with Crippen LogP contribution in [0.15, 0.2) is 54.6 Å². The second-order valence-electron chi connectivity index (χ2n) is 4.55. The van der Waals surface area contributed by atoms with Gasteiger partial charge in [-0.1, -0.05) is 49.4 Å². The fourth-order valence-corrected chi connectivity index (χ4v) is 2.31. The lowest BCUT2D eigenvalue weighted by Crippen LogP contribution is -2.45. The van der Waals surface area contributed by atoms with Crippen LogP contribution in [-0.2, 0) is 5.72 Å². The zero-order valence-corrected chi connectivity index (χ0v) is 12.2. The maximum absolute atomic E-state index is 6.27. The predicted octanol–water partition coefficient (Wildman–Crippen LogP) is 3.56. The molecule has 0 saturated heterocycles. The van der Waals surface area contributed by atoms with Crippen molar-refractivity contribution in [1.82, 2.24) is 5.32 Å². The van der Waals surface area contributed by atoms with E-state index in [-0.39, 0.29) is 0 Å². The first-order valence-electron chi connectivity index (χ1n) is 6.82. The van der Waals surface area contributed by atoms with Gasteiger partial charge in [-0.2, -0.15) is 0 Å². The number of hydrogen-bond donors (Lipinski definition) is 1. The molecule has 0 aliphatic heterocycles. The van der Waals surface area contributed by atoms with Crippen molar-refractivity contribution in [1.29, 1.82) is 0 Å². The molecular weight excluding hydrogens is 250 g/mol. The quantitative estimate of drug-likeness (QED) is 0.815. The van der Waals surface area contributed by atoms with Crippen LogP contribution < -0.4 is 14.8 Å². The fraction of sp³-hybridized carbons (Fsp3) is 0.294. The first kappa shape index (κ1) is 14.4. The summed E-state index contributed by atoms with van der Waals surface area (Å²) in [6, 6.07) is 17.9. The van der Waals surface area contributed by atoms with Crippen molar-refractivity contribution in [3.05, 3.63) is 60.2 Å². The van der Waals surface area contributed by atoms with Crippen LogP contribution in [0, 0.1) is 0 Å². The first-order valence-corrected chi connectivity index (χ1v) is 6.82. The van der Waals surface area contributed by atoms with Gasteiger partial charge in [-0.05, 0) is 19.2 Å². The van der Waals surface area contributed by atoms with Gasteiger partial charge in [-0.25, -0.2) is 0 Å². The van der Waals surface area contributed by atoms with Crippen LogP contribution in [0.3, 0.4) is 0 Å². The molecule has 2 aromatic rings. The molecule has 0 heterocycles. The molecule has 0 amide bonds. The molecule has 3 heteroatoms. The monoisotopic (exact) mass is 271 g/mol. The van der Waals surface area contributed by atoms with Crippen molar-refractivity contribution in [3.8, 4) is 11.5 Å². The van der Waals surface area contributed by atoms with Crippen molar-refractivity contribution in [3.63, 3.8) is 0 Å². The summed E-state index contributed by atoms with van der Waals surface area (Å²) in [6.45, 7) is 2.10. The highest BCUT2D eigenvalue weighted by Crippen LogP contribution is 2.34. The summed E-state index contributed by atoms with van der Waals surface area (Å²) in [5.74, 6) is 1.46. The van der Waals surface area contributed by atoms with Gasteiger partial charge in [0.1, 0.15) is 0 Å². The van der Waals surface area contributed by atoms with Crippen molar-refractivity contribution in [2.45, 2.75) is 19.1 Å². The van der Waals surface area contributed by atoms with E-state index in [0.717, 1.165) is 23.5 Å². The lowest BCUT2D eigenvalue weighted by Gasteiger charge is -2.34. The summed E-state index contributed by atoms with van der Waals surface area (Å²) in [4.78, 5) is 0. The lowest BCUT2D eigenvalue weighted by atomic mass is 10.00. The van der Waals surface area contributed by atoms with Crippen molar-refractivity contribution >= 4 is 0 Å². The third-order valence-electron chi connectivity index (χ3n) is 3.50. The molecule has 2 rings (SSSR count). The highest BCUT2D eigenvalue weighted by Gasteiger charge is 2.31. The number of para-hydroxylation sites is 2. The molecule has 0 fully saturated rings. The summed E-state index contributed by atoms with van der Waals surface area (Å²) < 4.78 is 11.6. The molecule has 0 aromatic heterocycles. The summed E-state index contributed by atoms with van der Waals surface area (Å²) in [6.07, 6.45) is 0.797. The smallest absolute Gasteiger partial charge is 0.186 e. The minimum Gasteiger partial charge on any atom is -0.493 e. The molecule has 0 bridgehead atoms. The summed E-state index contributed by atoms with van der Waals surface area (Å²) in [5, 5.41) is 3.30. The van der Waals surface area contributed by atoms with Crippen molar-refractivity contribution < 1.29 is 9.47 Å².